The smallest absolute Gasteiger partial charge is 0.0701 e. The summed E-state index contributed by atoms with van der Waals surface area (Å²) < 4.78 is 2.94. The Hall–Kier alpha value is -1.13. The predicted molar refractivity (Wildman–Crippen MR) is 64.0 cm³/mol. The molecule has 1 N–H and O–H groups in total. The third-order valence-corrected chi connectivity index (χ3v) is 2.66. The minimum absolute atomic E-state index is 0.836. The Morgan fingerprint density at radius 2 is 2.33 bits per heavy atom. The van der Waals surface area contributed by atoms with E-state index in [1.807, 2.05) is 30.1 Å². The van der Waals surface area contributed by atoms with Gasteiger partial charge in [-0.25, -0.2) is 4.68 Å². The fraction of sp³-hybridized carbons (Fsp3) is 0.182. The lowest BCUT2D eigenvalue weighted by molar-refractivity contribution is 0.788. The number of rotatable bonds is 3. The zero-order chi connectivity index (χ0) is 10.7. The first-order valence-corrected chi connectivity index (χ1v) is 5.53. The average Bonchev–Trinajstić information content (AvgIpc) is 2.74. The zero-order valence-electron chi connectivity index (χ0n) is 8.44. The second kappa shape index (κ2) is 4.59. The maximum atomic E-state index is 4.24. The molecule has 0 spiro atoms. The third kappa shape index (κ3) is 2.27. The molecule has 0 aliphatic heterocycles. The van der Waals surface area contributed by atoms with Crippen LogP contribution in [-0.2, 0) is 6.54 Å². The summed E-state index contributed by atoms with van der Waals surface area (Å²) in [6, 6.07) is 8.13. The van der Waals surface area contributed by atoms with Gasteiger partial charge in [0.2, 0.25) is 0 Å². The first-order chi connectivity index (χ1) is 7.31. The standard InChI is InChI=1S/C11H12BrN3/c1-13-8-9-3-4-10(12)7-11(9)15-6-2-5-14-15/h2-7,13H,8H2,1H3. The van der Waals surface area contributed by atoms with Gasteiger partial charge in [-0.2, -0.15) is 5.10 Å². The van der Waals surface area contributed by atoms with Crippen molar-refractivity contribution in [3.8, 4) is 5.69 Å². The molecule has 0 amide bonds. The molecule has 2 rings (SSSR count). The Kier molecular flexibility index (Phi) is 3.18. The van der Waals surface area contributed by atoms with Crippen molar-refractivity contribution in [3.63, 3.8) is 0 Å². The highest BCUT2D eigenvalue weighted by atomic mass is 79.9. The molecule has 0 aliphatic carbocycles. The van der Waals surface area contributed by atoms with Crippen molar-refractivity contribution >= 4 is 15.9 Å². The monoisotopic (exact) mass is 265 g/mol. The van der Waals surface area contributed by atoms with Crippen LogP contribution in [0.15, 0.2) is 41.1 Å². The molecule has 0 unspecified atom stereocenters. The van der Waals surface area contributed by atoms with E-state index in [0.717, 1.165) is 16.7 Å². The number of aromatic nitrogens is 2. The van der Waals surface area contributed by atoms with Crippen LogP contribution in [-0.4, -0.2) is 16.8 Å². The van der Waals surface area contributed by atoms with Crippen LogP contribution in [0.3, 0.4) is 0 Å². The second-order valence-corrected chi connectivity index (χ2v) is 4.17. The molecule has 0 fully saturated rings. The molecule has 0 saturated heterocycles. The number of nitrogens with one attached hydrogen (secondary N) is 1. The summed E-state index contributed by atoms with van der Waals surface area (Å²) in [5, 5.41) is 7.39. The van der Waals surface area contributed by atoms with E-state index in [-0.39, 0.29) is 0 Å². The summed E-state index contributed by atoms with van der Waals surface area (Å²) in [4.78, 5) is 0. The Morgan fingerprint density at radius 3 is 3.00 bits per heavy atom. The molecule has 0 bridgehead atoms. The minimum Gasteiger partial charge on any atom is -0.316 e. The van der Waals surface area contributed by atoms with E-state index in [0.29, 0.717) is 0 Å². The summed E-state index contributed by atoms with van der Waals surface area (Å²) in [6.45, 7) is 0.836. The van der Waals surface area contributed by atoms with Gasteiger partial charge in [0.1, 0.15) is 0 Å². The molecule has 0 saturated carbocycles. The van der Waals surface area contributed by atoms with Crippen LogP contribution in [0.4, 0.5) is 0 Å². The van der Waals surface area contributed by atoms with E-state index in [4.69, 9.17) is 0 Å². The highest BCUT2D eigenvalue weighted by molar-refractivity contribution is 9.10. The van der Waals surface area contributed by atoms with Gasteiger partial charge in [-0.1, -0.05) is 22.0 Å². The quantitative estimate of drug-likeness (QED) is 0.924. The van der Waals surface area contributed by atoms with Crippen LogP contribution in [0.2, 0.25) is 0 Å². The zero-order valence-corrected chi connectivity index (χ0v) is 10.0. The van der Waals surface area contributed by atoms with Crippen molar-refractivity contribution in [3.05, 3.63) is 46.7 Å². The molecule has 3 nitrogen and oxygen atoms in total. The molecule has 1 aromatic heterocycles. The Morgan fingerprint density at radius 1 is 1.47 bits per heavy atom. The van der Waals surface area contributed by atoms with E-state index < -0.39 is 0 Å². The number of halogens is 1. The van der Waals surface area contributed by atoms with Gasteiger partial charge in [-0.05, 0) is 30.8 Å². The van der Waals surface area contributed by atoms with Gasteiger partial charge in [-0.15, -0.1) is 0 Å². The number of benzene rings is 1. The highest BCUT2D eigenvalue weighted by Crippen LogP contribution is 2.19. The third-order valence-electron chi connectivity index (χ3n) is 2.17. The minimum atomic E-state index is 0.836. The van der Waals surface area contributed by atoms with Gasteiger partial charge in [0, 0.05) is 23.4 Å². The highest BCUT2D eigenvalue weighted by Gasteiger charge is 2.04. The molecule has 4 heteroatoms. The number of hydrogen-bond donors (Lipinski definition) is 1. The van der Waals surface area contributed by atoms with Crippen molar-refractivity contribution in [2.45, 2.75) is 6.54 Å². The maximum Gasteiger partial charge on any atom is 0.0701 e. The molecule has 78 valence electrons. The average molecular weight is 266 g/mol. The summed E-state index contributed by atoms with van der Waals surface area (Å²) in [6.07, 6.45) is 3.73. The topological polar surface area (TPSA) is 29.9 Å². The van der Waals surface area contributed by atoms with E-state index in [1.54, 1.807) is 6.20 Å². The molecular formula is C11H12BrN3. The summed E-state index contributed by atoms with van der Waals surface area (Å²) in [5.74, 6) is 0. The molecule has 2 aromatic rings. The Labute approximate surface area is 97.2 Å². The Bertz CT molecular complexity index is 437. The van der Waals surface area contributed by atoms with Crippen LogP contribution < -0.4 is 5.32 Å². The second-order valence-electron chi connectivity index (χ2n) is 3.25. The molecule has 0 aliphatic rings. The first-order valence-electron chi connectivity index (χ1n) is 4.74. The van der Waals surface area contributed by atoms with Gasteiger partial charge < -0.3 is 5.32 Å². The van der Waals surface area contributed by atoms with Gasteiger partial charge in [0.25, 0.3) is 0 Å². The SMILES string of the molecule is CNCc1ccc(Br)cc1-n1cccn1. The fourth-order valence-corrected chi connectivity index (χ4v) is 1.85. The first kappa shape index (κ1) is 10.4. The fourth-order valence-electron chi connectivity index (χ4n) is 1.50. The van der Waals surface area contributed by atoms with Gasteiger partial charge in [-0.3, -0.25) is 0 Å². The largest absolute Gasteiger partial charge is 0.316 e. The Balaban J connectivity index is 2.47. The van der Waals surface area contributed by atoms with E-state index >= 15 is 0 Å². The van der Waals surface area contributed by atoms with Gasteiger partial charge in [0.05, 0.1) is 5.69 Å². The molecule has 1 heterocycles. The lowest BCUT2D eigenvalue weighted by Crippen LogP contribution is -2.09. The van der Waals surface area contributed by atoms with Crippen LogP contribution in [0.5, 0.6) is 0 Å². The molecule has 0 atom stereocenters. The van der Waals surface area contributed by atoms with Crippen molar-refractivity contribution in [1.82, 2.24) is 15.1 Å². The van der Waals surface area contributed by atoms with Crippen LogP contribution in [0, 0.1) is 0 Å². The lowest BCUT2D eigenvalue weighted by atomic mass is 10.2. The molecular weight excluding hydrogens is 254 g/mol. The van der Waals surface area contributed by atoms with Crippen molar-refractivity contribution < 1.29 is 0 Å². The normalized spacial score (nSPS) is 10.5. The predicted octanol–water partition coefficient (Wildman–Crippen LogP) is 2.35. The maximum absolute atomic E-state index is 4.24. The van der Waals surface area contributed by atoms with Gasteiger partial charge in [0.15, 0.2) is 0 Å². The van der Waals surface area contributed by atoms with Crippen LogP contribution >= 0.6 is 15.9 Å². The summed E-state index contributed by atoms with van der Waals surface area (Å²) >= 11 is 3.47. The molecule has 15 heavy (non-hydrogen) atoms. The molecule has 1 aromatic carbocycles. The van der Waals surface area contributed by atoms with Crippen molar-refractivity contribution in [2.75, 3.05) is 7.05 Å². The lowest BCUT2D eigenvalue weighted by Gasteiger charge is -2.09. The van der Waals surface area contributed by atoms with Crippen molar-refractivity contribution in [2.24, 2.45) is 0 Å². The van der Waals surface area contributed by atoms with Gasteiger partial charge >= 0.3 is 0 Å². The van der Waals surface area contributed by atoms with E-state index in [9.17, 15) is 0 Å². The number of hydrogen-bond acceptors (Lipinski definition) is 2. The van der Waals surface area contributed by atoms with Crippen LogP contribution in [0.25, 0.3) is 5.69 Å². The van der Waals surface area contributed by atoms with Crippen molar-refractivity contribution in [1.29, 1.82) is 0 Å². The van der Waals surface area contributed by atoms with E-state index in [2.05, 4.69) is 38.5 Å². The van der Waals surface area contributed by atoms with E-state index in [1.165, 1.54) is 5.56 Å². The number of nitrogens with zero attached hydrogens (tertiary/aromatic N) is 2. The summed E-state index contributed by atoms with van der Waals surface area (Å²) in [5.41, 5.74) is 2.33. The van der Waals surface area contributed by atoms with Crippen LogP contribution in [0.1, 0.15) is 5.56 Å². The molecule has 0 radical (unpaired) electrons. The summed E-state index contributed by atoms with van der Waals surface area (Å²) in [7, 11) is 1.94.